The van der Waals surface area contributed by atoms with Gasteiger partial charge < -0.3 is 49.9 Å². The number of aryl methyl sites for hydroxylation is 1. The Bertz CT molecular complexity index is 1990. The number of anilines is 2. The third-order valence-electron chi connectivity index (χ3n) is 9.70. The average molecular weight is 728 g/mol. The number of Topliss-reactive ketones (excluding diaryl/α,β-unsaturated/α-hetero) is 2. The maximum absolute atomic E-state index is 14.2. The summed E-state index contributed by atoms with van der Waals surface area (Å²) in [7, 11) is 6.38. The van der Waals surface area contributed by atoms with Gasteiger partial charge in [-0.3, -0.25) is 29.0 Å². The summed E-state index contributed by atoms with van der Waals surface area (Å²) in [5.41, 5.74) is 1.73. The molecule has 1 aromatic carbocycles. The van der Waals surface area contributed by atoms with E-state index in [0.717, 1.165) is 4.90 Å². The number of aromatic hydroxyl groups is 1. The predicted molar refractivity (Wildman–Crippen MR) is 181 cm³/mol. The molecule has 1 fully saturated rings. The van der Waals surface area contributed by atoms with Crippen LogP contribution in [0.5, 0.6) is 5.75 Å². The highest BCUT2D eigenvalue weighted by molar-refractivity contribution is 6.24. The smallest absolute Gasteiger partial charge is 0.508 e. The van der Waals surface area contributed by atoms with E-state index in [-0.39, 0.29) is 47.7 Å². The molecule has 2 aromatic rings. The second-order valence-corrected chi connectivity index (χ2v) is 13.5. The number of amides is 3. The molecule has 1 saturated carbocycles. The number of aliphatic hydroxyl groups is 3. The van der Waals surface area contributed by atoms with Gasteiger partial charge in [-0.15, -0.1) is 0 Å². The third-order valence-corrected chi connectivity index (χ3v) is 9.70. The van der Waals surface area contributed by atoms with Crippen molar-refractivity contribution >= 4 is 46.6 Å². The second-order valence-electron chi connectivity index (χ2n) is 13.5. The summed E-state index contributed by atoms with van der Waals surface area (Å²) in [4.78, 5) is 81.5. The molecule has 18 heteroatoms. The van der Waals surface area contributed by atoms with Crippen molar-refractivity contribution in [3.8, 4) is 5.75 Å². The summed E-state index contributed by atoms with van der Waals surface area (Å²) in [6, 6.07) is 0.231. The summed E-state index contributed by atoms with van der Waals surface area (Å²) in [6.45, 7) is 2.35. The molecule has 1 aromatic heterocycles. The Labute approximate surface area is 296 Å². The van der Waals surface area contributed by atoms with Gasteiger partial charge in [0.25, 0.3) is 5.91 Å². The van der Waals surface area contributed by atoms with Gasteiger partial charge in [0.15, 0.2) is 29.5 Å². The number of nitrogens with two attached hydrogens (primary N) is 1. The first-order valence-corrected chi connectivity index (χ1v) is 16.4. The van der Waals surface area contributed by atoms with Gasteiger partial charge in [-0.25, -0.2) is 9.59 Å². The van der Waals surface area contributed by atoms with E-state index in [0.29, 0.717) is 17.7 Å². The maximum atomic E-state index is 14.2. The Morgan fingerprint density at radius 2 is 1.77 bits per heavy atom. The Kier molecular flexibility index (Phi) is 10.0. The number of hydrogen-bond acceptors (Lipinski definition) is 15. The first-order valence-electron chi connectivity index (χ1n) is 16.4. The molecular formula is C34H41N5O13. The summed E-state index contributed by atoms with van der Waals surface area (Å²) in [6.07, 6.45) is -0.512. The van der Waals surface area contributed by atoms with E-state index >= 15 is 0 Å². The zero-order valence-corrected chi connectivity index (χ0v) is 29.4. The molecule has 0 spiro atoms. The lowest BCUT2D eigenvalue weighted by Crippen LogP contribution is -2.65. The van der Waals surface area contributed by atoms with Gasteiger partial charge in [-0.1, -0.05) is 6.92 Å². The number of rotatable bonds is 10. The molecule has 1 heterocycles. The first-order chi connectivity index (χ1) is 24.3. The van der Waals surface area contributed by atoms with Gasteiger partial charge in [0.2, 0.25) is 11.7 Å². The molecule has 52 heavy (non-hydrogen) atoms. The van der Waals surface area contributed by atoms with Crippen LogP contribution in [0.2, 0.25) is 0 Å². The summed E-state index contributed by atoms with van der Waals surface area (Å²) in [5, 5.41) is 48.7. The number of nitrogens with zero attached hydrogens (tertiary/aromatic N) is 3. The quantitative estimate of drug-likeness (QED) is 0.146. The molecule has 5 rings (SSSR count). The van der Waals surface area contributed by atoms with Crippen LogP contribution in [0.3, 0.4) is 0 Å². The molecule has 0 bridgehead atoms. The molecule has 3 aliphatic carbocycles. The van der Waals surface area contributed by atoms with E-state index in [9.17, 15) is 49.2 Å². The number of carbonyl (C=O) groups excluding carboxylic acids is 5. The topological polar surface area (TPSA) is 267 Å². The van der Waals surface area contributed by atoms with E-state index in [4.69, 9.17) is 19.3 Å². The fourth-order valence-corrected chi connectivity index (χ4v) is 7.38. The average Bonchev–Trinajstić information content (AvgIpc) is 3.38. The third kappa shape index (κ3) is 6.17. The standard InChI is InChI=1S/C34H41N5O13/c1-7-8-39(32(47)50-13-20-14(2)51-33(48)52-20)12-21(40)36-18-11-19(37(3)4)16-9-15-10-17-25(38(5)6)28(43)24(31(35)46)30(45)34(17,49)29(44)22(15)27(42)23(16)26(18)41/h11,15,17,25,41-42,45,49H,7-10,12-13H2,1-6H3,(H2,35,46)(H,36,40)/t15?,17?,25-,34-/m0/s1. The van der Waals surface area contributed by atoms with Crippen molar-refractivity contribution in [3.05, 3.63) is 56.2 Å². The lowest BCUT2D eigenvalue weighted by Gasteiger charge is -2.50. The number of ketones is 2. The van der Waals surface area contributed by atoms with E-state index < -0.39 is 94.8 Å². The minimum atomic E-state index is -2.81. The lowest BCUT2D eigenvalue weighted by molar-refractivity contribution is -0.153. The van der Waals surface area contributed by atoms with Crippen molar-refractivity contribution < 1.29 is 58.0 Å². The molecule has 7 N–H and O–H groups in total. The van der Waals surface area contributed by atoms with Crippen LogP contribution in [-0.2, 0) is 36.9 Å². The van der Waals surface area contributed by atoms with Crippen molar-refractivity contribution in [1.82, 2.24) is 9.80 Å². The van der Waals surface area contributed by atoms with Crippen LogP contribution in [0.1, 0.15) is 42.4 Å². The van der Waals surface area contributed by atoms with E-state index in [1.54, 1.807) is 25.9 Å². The van der Waals surface area contributed by atoms with Crippen LogP contribution in [0.25, 0.3) is 5.76 Å². The van der Waals surface area contributed by atoms with Gasteiger partial charge in [0.05, 0.1) is 17.3 Å². The van der Waals surface area contributed by atoms with Crippen LogP contribution in [0.4, 0.5) is 16.2 Å². The fourth-order valence-electron chi connectivity index (χ4n) is 7.38. The normalized spacial score (nSPS) is 22.5. The van der Waals surface area contributed by atoms with Crippen molar-refractivity contribution in [2.75, 3.05) is 51.5 Å². The number of phenols is 1. The van der Waals surface area contributed by atoms with Crippen molar-refractivity contribution in [3.63, 3.8) is 0 Å². The molecule has 3 aliphatic rings. The second kappa shape index (κ2) is 13.8. The van der Waals surface area contributed by atoms with Crippen molar-refractivity contribution in [2.45, 2.75) is 51.4 Å². The minimum absolute atomic E-state index is 0.00117. The zero-order chi connectivity index (χ0) is 38.6. The van der Waals surface area contributed by atoms with Gasteiger partial charge in [0.1, 0.15) is 29.4 Å². The summed E-state index contributed by atoms with van der Waals surface area (Å²) >= 11 is 0. The largest absolute Gasteiger partial charge is 0.519 e. The Hall–Kier alpha value is -5.62. The molecule has 280 valence electrons. The molecule has 4 atom stereocenters. The molecule has 0 saturated heterocycles. The monoisotopic (exact) mass is 727 g/mol. The molecule has 0 aliphatic heterocycles. The number of aliphatic hydroxyl groups excluding tert-OH is 2. The molecule has 0 radical (unpaired) electrons. The van der Waals surface area contributed by atoms with Gasteiger partial charge in [0, 0.05) is 37.8 Å². The number of likely N-dealkylation sites (N-methyl/N-ethyl adjacent to an activating group) is 1. The maximum Gasteiger partial charge on any atom is 0.519 e. The van der Waals surface area contributed by atoms with E-state index in [2.05, 4.69) is 5.32 Å². The molecule has 3 amide bonds. The number of ether oxygens (including phenoxy) is 1. The number of carbonyl (C=O) groups is 5. The highest BCUT2D eigenvalue weighted by Gasteiger charge is 2.64. The van der Waals surface area contributed by atoms with Crippen LogP contribution in [0, 0.1) is 18.8 Å². The highest BCUT2D eigenvalue weighted by atomic mass is 16.6. The van der Waals surface area contributed by atoms with Crippen LogP contribution >= 0.6 is 0 Å². The van der Waals surface area contributed by atoms with E-state index in [1.807, 2.05) is 0 Å². The number of benzene rings is 1. The number of fused-ring (bicyclic) bond motifs is 3. The molecular weight excluding hydrogens is 686 g/mol. The van der Waals surface area contributed by atoms with E-state index in [1.165, 1.54) is 32.0 Å². The van der Waals surface area contributed by atoms with Crippen LogP contribution < -0.4 is 21.8 Å². The number of phenolic OH excluding ortho intramolecular Hbond substituents is 1. The Balaban J connectivity index is 1.50. The summed E-state index contributed by atoms with van der Waals surface area (Å²) in [5.74, 6) is -9.57. The fraction of sp³-hybridized carbons (Fsp3) is 0.471. The molecule has 2 unspecified atom stereocenters. The van der Waals surface area contributed by atoms with Crippen molar-refractivity contribution in [1.29, 1.82) is 0 Å². The van der Waals surface area contributed by atoms with Gasteiger partial charge in [-0.2, -0.15) is 0 Å². The van der Waals surface area contributed by atoms with Gasteiger partial charge in [-0.05, 0) is 57.8 Å². The predicted octanol–water partition coefficient (Wildman–Crippen LogP) is 0.872. The zero-order valence-electron chi connectivity index (χ0n) is 29.4. The minimum Gasteiger partial charge on any atom is -0.508 e. The number of hydrogen-bond donors (Lipinski definition) is 6. The Morgan fingerprint density at radius 3 is 2.33 bits per heavy atom. The Morgan fingerprint density at radius 1 is 1.10 bits per heavy atom. The van der Waals surface area contributed by atoms with Crippen molar-refractivity contribution in [2.24, 2.45) is 17.6 Å². The SMILES string of the molecule is CCCN(CC(=O)Nc1cc(N(C)C)c2c(c1O)C(O)=C1C(=O)[C@]3(O)C(O)=C(C(N)=O)C(=O)[C@@H](N(C)C)C3CC1C2)C(=O)OCc1oc(=O)oc1C. The highest BCUT2D eigenvalue weighted by Crippen LogP contribution is 2.54. The molecule has 18 nitrogen and oxygen atoms in total. The number of nitrogens with one attached hydrogen (secondary N) is 1. The van der Waals surface area contributed by atoms with Crippen LogP contribution in [0.15, 0.2) is 36.6 Å². The lowest BCUT2D eigenvalue weighted by atomic mass is 9.57. The van der Waals surface area contributed by atoms with Gasteiger partial charge >= 0.3 is 11.9 Å². The van der Waals surface area contributed by atoms with Crippen LogP contribution in [-0.4, -0.2) is 113 Å². The number of primary amides is 1. The first kappa shape index (κ1) is 37.6. The summed E-state index contributed by atoms with van der Waals surface area (Å²) < 4.78 is 14.8.